The summed E-state index contributed by atoms with van der Waals surface area (Å²) in [5, 5.41) is 2.43. The van der Waals surface area contributed by atoms with Gasteiger partial charge in [-0.2, -0.15) is 0 Å². The van der Waals surface area contributed by atoms with E-state index in [1.807, 2.05) is 6.20 Å². The van der Waals surface area contributed by atoms with Gasteiger partial charge in [-0.15, -0.1) is 0 Å². The third-order valence-corrected chi connectivity index (χ3v) is 10.2. The molecule has 0 fully saturated rings. The van der Waals surface area contributed by atoms with Gasteiger partial charge in [0.1, 0.15) is 5.82 Å². The molecule has 0 bridgehead atoms. The van der Waals surface area contributed by atoms with Crippen molar-refractivity contribution in [3.63, 3.8) is 0 Å². The molecule has 49 heavy (non-hydrogen) atoms. The lowest BCUT2D eigenvalue weighted by Gasteiger charge is -2.37. The molecule has 1 aliphatic rings. The van der Waals surface area contributed by atoms with E-state index in [1.165, 1.54) is 55.7 Å². The smallest absolute Gasteiger partial charge is 0.137 e. The van der Waals surface area contributed by atoms with Gasteiger partial charge < -0.3 is 9.80 Å². The molecule has 8 aromatic rings. The maximum Gasteiger partial charge on any atom is 0.137 e. The average molecular weight is 633 g/mol. The summed E-state index contributed by atoms with van der Waals surface area (Å²) >= 11 is 0. The first-order valence-electron chi connectivity index (χ1n) is 16.9. The highest BCUT2D eigenvalue weighted by Gasteiger charge is 2.39. The summed E-state index contributed by atoms with van der Waals surface area (Å²) in [6, 6.07) is 59.8. The fraction of sp³-hybridized carbons (Fsp3) is 0.0889. The number of para-hydroxylation sites is 3. The minimum atomic E-state index is -0.612. The minimum Gasteiger partial charge on any atom is -0.355 e. The number of pyridine rings is 1. The molecule has 236 valence electrons. The highest BCUT2D eigenvalue weighted by Crippen LogP contribution is 2.48. The number of hydrogen-bond donors (Lipinski definition) is 0. The Balaban J connectivity index is 1.36. The maximum atomic E-state index is 4.88. The lowest BCUT2D eigenvalue weighted by atomic mass is 9.65. The number of aryl methyl sites for hydroxylation is 1. The summed E-state index contributed by atoms with van der Waals surface area (Å²) in [7, 11) is 2.16. The van der Waals surface area contributed by atoms with Crippen molar-refractivity contribution >= 4 is 38.9 Å². The fourth-order valence-corrected chi connectivity index (χ4v) is 7.98. The minimum absolute atomic E-state index is 0.612. The second-order valence-electron chi connectivity index (χ2n) is 13.1. The second-order valence-corrected chi connectivity index (χ2v) is 13.1. The van der Waals surface area contributed by atoms with E-state index >= 15 is 0 Å². The lowest BCUT2D eigenvalue weighted by molar-refractivity contribution is 0.745. The van der Waals surface area contributed by atoms with Crippen LogP contribution in [0.15, 0.2) is 170 Å². The molecule has 1 aliphatic heterocycles. The van der Waals surface area contributed by atoms with E-state index in [2.05, 4.69) is 192 Å². The number of fused-ring (bicyclic) bond motifs is 4. The summed E-state index contributed by atoms with van der Waals surface area (Å²) in [4.78, 5) is 9.62. The molecule has 3 heterocycles. The molecule has 0 amide bonds. The van der Waals surface area contributed by atoms with Crippen LogP contribution >= 0.6 is 0 Å². The molecule has 0 saturated carbocycles. The van der Waals surface area contributed by atoms with Crippen molar-refractivity contribution in [3.05, 3.63) is 198 Å². The van der Waals surface area contributed by atoms with Crippen LogP contribution in [0.4, 0.5) is 17.1 Å². The topological polar surface area (TPSA) is 24.3 Å². The van der Waals surface area contributed by atoms with Crippen LogP contribution in [0.3, 0.4) is 0 Å². The van der Waals surface area contributed by atoms with Gasteiger partial charge in [0.25, 0.3) is 0 Å². The van der Waals surface area contributed by atoms with Gasteiger partial charge in [-0.25, -0.2) is 4.98 Å². The Kier molecular flexibility index (Phi) is 6.84. The van der Waals surface area contributed by atoms with Crippen LogP contribution in [0.25, 0.3) is 27.6 Å². The highest BCUT2D eigenvalue weighted by molar-refractivity contribution is 6.09. The monoisotopic (exact) mass is 632 g/mol. The molecule has 0 saturated heterocycles. The van der Waals surface area contributed by atoms with Gasteiger partial charge >= 0.3 is 0 Å². The average Bonchev–Trinajstić information content (AvgIpc) is 3.67. The van der Waals surface area contributed by atoms with E-state index in [0.29, 0.717) is 0 Å². The van der Waals surface area contributed by atoms with Crippen molar-refractivity contribution in [2.45, 2.75) is 12.3 Å². The summed E-state index contributed by atoms with van der Waals surface area (Å²) < 4.78 is 2.33. The maximum absolute atomic E-state index is 4.88. The molecular formula is C45H36N4. The van der Waals surface area contributed by atoms with Gasteiger partial charge in [0, 0.05) is 29.7 Å². The first-order valence-corrected chi connectivity index (χ1v) is 16.9. The van der Waals surface area contributed by atoms with E-state index in [1.54, 1.807) is 0 Å². The number of anilines is 3. The Morgan fingerprint density at radius 3 is 1.92 bits per heavy atom. The Labute approximate surface area is 287 Å². The first kappa shape index (κ1) is 29.0. The van der Waals surface area contributed by atoms with Crippen molar-refractivity contribution in [1.82, 2.24) is 9.55 Å². The summed E-state index contributed by atoms with van der Waals surface area (Å²) in [6.07, 6.45) is 1.91. The highest BCUT2D eigenvalue weighted by atomic mass is 15.4. The first-order chi connectivity index (χ1) is 24.1. The molecule has 0 atom stereocenters. The van der Waals surface area contributed by atoms with E-state index in [9.17, 15) is 0 Å². The Morgan fingerprint density at radius 1 is 0.531 bits per heavy atom. The van der Waals surface area contributed by atoms with Gasteiger partial charge in [0.15, 0.2) is 0 Å². The zero-order valence-electron chi connectivity index (χ0n) is 27.7. The number of rotatable bonds is 6. The summed E-state index contributed by atoms with van der Waals surface area (Å²) in [6.45, 7) is 2.92. The predicted octanol–water partition coefficient (Wildman–Crippen LogP) is 10.4. The molecular weight excluding hydrogens is 597 g/mol. The van der Waals surface area contributed by atoms with Crippen LogP contribution in [-0.4, -0.2) is 23.3 Å². The molecule has 0 spiro atoms. The van der Waals surface area contributed by atoms with Crippen molar-refractivity contribution in [1.29, 1.82) is 0 Å². The molecule has 0 N–H and O–H groups in total. The van der Waals surface area contributed by atoms with Crippen LogP contribution in [0.1, 0.15) is 27.8 Å². The van der Waals surface area contributed by atoms with Crippen molar-refractivity contribution in [2.24, 2.45) is 0 Å². The van der Waals surface area contributed by atoms with Gasteiger partial charge in [0.05, 0.1) is 34.5 Å². The SMILES string of the molecule is Cc1ccnc(-n2c3ccccc3c3ccc(C(c4ccccc4)(c4ccccc4)c4cccc(N5CN(C)c6ccccc65)c4)cc32)c1. The quantitative estimate of drug-likeness (QED) is 0.171. The van der Waals surface area contributed by atoms with Crippen LogP contribution < -0.4 is 9.80 Å². The van der Waals surface area contributed by atoms with Gasteiger partial charge in [-0.3, -0.25) is 4.57 Å². The molecule has 9 rings (SSSR count). The predicted molar refractivity (Wildman–Crippen MR) is 203 cm³/mol. The normalized spacial score (nSPS) is 12.9. The second kappa shape index (κ2) is 11.5. The molecule has 0 radical (unpaired) electrons. The van der Waals surface area contributed by atoms with Gasteiger partial charge in [-0.1, -0.05) is 115 Å². The van der Waals surface area contributed by atoms with Gasteiger partial charge in [0.2, 0.25) is 0 Å². The third kappa shape index (κ3) is 4.56. The molecule has 0 unspecified atom stereocenters. The molecule has 2 aromatic heterocycles. The van der Waals surface area contributed by atoms with Crippen LogP contribution in [-0.2, 0) is 5.41 Å². The zero-order chi connectivity index (χ0) is 33.0. The van der Waals surface area contributed by atoms with E-state index in [4.69, 9.17) is 4.98 Å². The van der Waals surface area contributed by atoms with Crippen molar-refractivity contribution in [2.75, 3.05) is 23.5 Å². The number of nitrogens with zero attached hydrogens (tertiary/aromatic N) is 4. The van der Waals surface area contributed by atoms with Gasteiger partial charge in [-0.05, 0) is 83.3 Å². The number of benzene rings is 6. The summed E-state index contributed by atoms with van der Waals surface area (Å²) in [5.41, 5.74) is 11.3. The number of aromatic nitrogens is 2. The molecule has 6 aromatic carbocycles. The lowest BCUT2D eigenvalue weighted by Crippen LogP contribution is -2.31. The molecule has 4 nitrogen and oxygen atoms in total. The Bertz CT molecular complexity index is 2420. The summed E-state index contributed by atoms with van der Waals surface area (Å²) in [5.74, 6) is 0.923. The fourth-order valence-electron chi connectivity index (χ4n) is 7.98. The third-order valence-electron chi connectivity index (χ3n) is 10.2. The standard InChI is InChI=1S/C45H36N4/c1-32-26-27-46-44(28-32)49-40-21-10-9-20-38(40)39-25-24-36(30-43(39)49)45(33-14-5-3-6-15-33,34-16-7-4-8-17-34)35-18-13-19-37(29-35)48-31-47(2)41-22-11-12-23-42(41)48/h3-30H,31H2,1-2H3. The largest absolute Gasteiger partial charge is 0.355 e. The zero-order valence-corrected chi connectivity index (χ0v) is 27.7. The van der Waals surface area contributed by atoms with Crippen molar-refractivity contribution < 1.29 is 0 Å². The van der Waals surface area contributed by atoms with E-state index in [-0.39, 0.29) is 0 Å². The molecule has 0 aliphatic carbocycles. The van der Waals surface area contributed by atoms with Crippen LogP contribution in [0.5, 0.6) is 0 Å². The van der Waals surface area contributed by atoms with Crippen molar-refractivity contribution in [3.8, 4) is 5.82 Å². The van der Waals surface area contributed by atoms with Crippen LogP contribution in [0, 0.1) is 6.92 Å². The molecule has 4 heteroatoms. The van der Waals surface area contributed by atoms with Crippen LogP contribution in [0.2, 0.25) is 0 Å². The van der Waals surface area contributed by atoms with E-state index in [0.717, 1.165) is 23.5 Å². The van der Waals surface area contributed by atoms with E-state index < -0.39 is 5.41 Å². The Hall–Kier alpha value is -6.13. The number of hydrogen-bond acceptors (Lipinski definition) is 3. The Morgan fingerprint density at radius 2 is 1.16 bits per heavy atom.